The number of benzene rings is 5. The molecule has 0 aliphatic heterocycles. The van der Waals surface area contributed by atoms with Gasteiger partial charge in [-0.2, -0.15) is 0 Å². The maximum Gasteiger partial charge on any atom is 0.0599 e. The molecule has 46 heavy (non-hydrogen) atoms. The smallest absolute Gasteiger partial charge is 0.0599 e. The number of rotatable bonds is 7. The minimum atomic E-state index is -0.403. The Hall–Kier alpha value is -3.04. The lowest BCUT2D eigenvalue weighted by atomic mass is 9.43. The van der Waals surface area contributed by atoms with Gasteiger partial charge in [0.1, 0.15) is 0 Å². The van der Waals surface area contributed by atoms with Gasteiger partial charge in [-0.15, -0.1) is 18.5 Å². The summed E-state index contributed by atoms with van der Waals surface area (Å²) in [4.78, 5) is 0. The Bertz CT molecular complexity index is 1810. The second-order valence-corrected chi connectivity index (χ2v) is 16.1. The lowest BCUT2D eigenvalue weighted by Crippen LogP contribution is -2.56. The summed E-state index contributed by atoms with van der Waals surface area (Å²) in [6.07, 6.45) is 8.14. The molecule has 5 unspecified atom stereocenters. The summed E-state index contributed by atoms with van der Waals surface area (Å²) in [5.41, 5.74) is 14.0. The van der Waals surface area contributed by atoms with Crippen LogP contribution in [-0.4, -0.2) is 6.16 Å². The lowest BCUT2D eigenvalue weighted by Gasteiger charge is -2.62. The molecule has 0 radical (unpaired) electrons. The molecule has 2 heteroatoms. The zero-order valence-electron chi connectivity index (χ0n) is 27.3. The van der Waals surface area contributed by atoms with Crippen molar-refractivity contribution in [1.29, 1.82) is 0 Å². The van der Waals surface area contributed by atoms with Crippen LogP contribution in [0.15, 0.2) is 121 Å². The van der Waals surface area contributed by atoms with Crippen molar-refractivity contribution in [3.8, 4) is 22.3 Å². The zero-order chi connectivity index (χ0) is 31.5. The zero-order valence-corrected chi connectivity index (χ0v) is 29.6. The van der Waals surface area contributed by atoms with E-state index in [0.29, 0.717) is 5.92 Å². The summed E-state index contributed by atoms with van der Waals surface area (Å²) >= 11 is 0. The number of hydrogen-bond acceptors (Lipinski definition) is 0. The van der Waals surface area contributed by atoms with Gasteiger partial charge >= 0.3 is 0 Å². The van der Waals surface area contributed by atoms with Crippen LogP contribution >= 0.6 is 18.5 Å². The van der Waals surface area contributed by atoms with E-state index in [4.69, 9.17) is 0 Å². The van der Waals surface area contributed by atoms with Crippen molar-refractivity contribution in [2.75, 3.05) is 6.16 Å². The molecule has 0 saturated heterocycles. The molecule has 0 heterocycles. The third-order valence-corrected chi connectivity index (χ3v) is 13.6. The third-order valence-electron chi connectivity index (χ3n) is 12.2. The Balaban J connectivity index is 1.52. The summed E-state index contributed by atoms with van der Waals surface area (Å²) in [5.74, 6) is 3.23. The molecule has 5 aromatic rings. The van der Waals surface area contributed by atoms with E-state index >= 15 is 0 Å². The van der Waals surface area contributed by atoms with Crippen LogP contribution in [0.4, 0.5) is 0 Å². The highest BCUT2D eigenvalue weighted by molar-refractivity contribution is 7.19. The van der Waals surface area contributed by atoms with Crippen LogP contribution < -0.4 is 0 Å². The monoisotopic (exact) mass is 636 g/mol. The van der Waals surface area contributed by atoms with Crippen molar-refractivity contribution in [1.82, 2.24) is 0 Å². The van der Waals surface area contributed by atoms with Crippen LogP contribution in [0.1, 0.15) is 65.5 Å². The van der Waals surface area contributed by atoms with E-state index in [9.17, 15) is 0 Å². The van der Waals surface area contributed by atoms with Gasteiger partial charge in [-0.1, -0.05) is 109 Å². The van der Waals surface area contributed by atoms with E-state index in [1.54, 1.807) is 5.56 Å². The quantitative estimate of drug-likeness (QED) is 0.123. The first-order valence-electron chi connectivity index (χ1n) is 17.3. The fourth-order valence-corrected chi connectivity index (χ4v) is 12.2. The molecule has 4 bridgehead atoms. The molecule has 0 amide bonds. The predicted molar refractivity (Wildman–Crippen MR) is 203 cm³/mol. The molecule has 4 fully saturated rings. The van der Waals surface area contributed by atoms with Gasteiger partial charge in [0.2, 0.25) is 0 Å². The van der Waals surface area contributed by atoms with Gasteiger partial charge in [0.05, 0.1) is 5.16 Å². The molecule has 232 valence electrons. The Morgan fingerprint density at radius 2 is 1.09 bits per heavy atom. The minimum absolute atomic E-state index is 0.178. The molecule has 4 saturated carbocycles. The van der Waals surface area contributed by atoms with Gasteiger partial charge in [-0.25, -0.2) is 0 Å². The van der Waals surface area contributed by atoms with E-state index in [-0.39, 0.29) is 5.41 Å². The van der Waals surface area contributed by atoms with Gasteiger partial charge in [0, 0.05) is 0 Å². The first-order chi connectivity index (χ1) is 22.4. The summed E-state index contributed by atoms with van der Waals surface area (Å²) in [7, 11) is 6.71. The van der Waals surface area contributed by atoms with Crippen molar-refractivity contribution in [3.05, 3.63) is 155 Å². The van der Waals surface area contributed by atoms with E-state index in [0.717, 1.165) is 17.8 Å². The van der Waals surface area contributed by atoms with Gasteiger partial charge in [0.25, 0.3) is 0 Å². The molecule has 0 nitrogen and oxygen atoms in total. The second kappa shape index (κ2) is 11.9. The van der Waals surface area contributed by atoms with Crippen molar-refractivity contribution in [3.63, 3.8) is 0 Å². The molecule has 9 rings (SSSR count). The average Bonchev–Trinajstić information content (AvgIpc) is 3.08. The lowest BCUT2D eigenvalue weighted by molar-refractivity contribution is -0.0521. The highest BCUT2D eigenvalue weighted by atomic mass is 31.0. The Labute approximate surface area is 280 Å². The average molecular weight is 637 g/mol. The van der Waals surface area contributed by atoms with Crippen LogP contribution in [0.25, 0.3) is 22.3 Å². The minimum Gasteiger partial charge on any atom is -0.137 e. The number of aryl methyl sites for hydroxylation is 2. The summed E-state index contributed by atoms with van der Waals surface area (Å²) in [5, 5.41) is -0.403. The maximum absolute atomic E-state index is 3.49. The van der Waals surface area contributed by atoms with Crippen LogP contribution in [0.2, 0.25) is 0 Å². The Kier molecular flexibility index (Phi) is 7.83. The standard InChI is InChI=1S/C44H46P2/c1-29-13-9-11-19-38(29)44(46,39-20-12-10-14-30(39)2)41-25-37(34-17-7-4-8-18-34)36(33-15-5-3-6-16-33)24-40(41)43-26-31-21-32(27-43)23-35(22-31)42(43)28-45/h3-20,24-25,31-32,35,42H,21-23,26-28,45-46H2,1-2H3. The van der Waals surface area contributed by atoms with Gasteiger partial charge in [-0.3, -0.25) is 0 Å². The summed E-state index contributed by atoms with van der Waals surface area (Å²) < 4.78 is 0. The summed E-state index contributed by atoms with van der Waals surface area (Å²) in [6.45, 7) is 4.61. The van der Waals surface area contributed by atoms with Crippen LogP contribution in [0, 0.1) is 37.5 Å². The predicted octanol–water partition coefficient (Wildman–Crippen LogP) is 11.4. The normalized spacial score (nSPS) is 25.1. The fraction of sp³-hybridized carbons (Fsp3) is 0.318. The van der Waals surface area contributed by atoms with Crippen LogP contribution in [-0.2, 0) is 10.6 Å². The highest BCUT2D eigenvalue weighted by Crippen LogP contribution is 2.66. The topological polar surface area (TPSA) is 0 Å². The first kappa shape index (κ1) is 30.3. The van der Waals surface area contributed by atoms with Gasteiger partial charge < -0.3 is 0 Å². The molecular formula is C44H46P2. The molecule has 0 aromatic heterocycles. The van der Waals surface area contributed by atoms with Crippen molar-refractivity contribution >= 4 is 18.5 Å². The third kappa shape index (κ3) is 4.78. The fourth-order valence-electron chi connectivity index (χ4n) is 10.5. The van der Waals surface area contributed by atoms with Crippen molar-refractivity contribution in [2.24, 2.45) is 23.7 Å². The molecule has 4 aliphatic rings. The largest absolute Gasteiger partial charge is 0.137 e. The maximum atomic E-state index is 3.49. The highest BCUT2D eigenvalue weighted by Gasteiger charge is 2.58. The van der Waals surface area contributed by atoms with Gasteiger partial charge in [0.15, 0.2) is 0 Å². The van der Waals surface area contributed by atoms with Gasteiger partial charge in [-0.05, 0) is 149 Å². The van der Waals surface area contributed by atoms with E-state index in [2.05, 4.69) is 154 Å². The molecule has 4 aliphatic carbocycles. The van der Waals surface area contributed by atoms with Crippen LogP contribution in [0.3, 0.4) is 0 Å². The SMILES string of the molecule is Cc1ccccc1C(P)(c1ccccc1C)c1cc(-c2ccccc2)c(-c2ccccc2)cc1C12CC3CC(CC(C3)C1CP)C2. The number of hydrogen-bond donors (Lipinski definition) is 0. The Morgan fingerprint density at radius 1 is 0.609 bits per heavy atom. The molecule has 0 spiro atoms. The first-order valence-corrected chi connectivity index (χ1v) is 18.7. The molecule has 5 aromatic carbocycles. The van der Waals surface area contributed by atoms with E-state index in [1.165, 1.54) is 88.3 Å². The Morgan fingerprint density at radius 3 is 1.59 bits per heavy atom. The van der Waals surface area contributed by atoms with Crippen molar-refractivity contribution < 1.29 is 0 Å². The second-order valence-electron chi connectivity index (χ2n) is 14.7. The van der Waals surface area contributed by atoms with E-state index in [1.807, 2.05) is 0 Å². The molecular weight excluding hydrogens is 590 g/mol. The molecule has 0 N–H and O–H groups in total. The van der Waals surface area contributed by atoms with Crippen molar-refractivity contribution in [2.45, 2.75) is 56.5 Å². The molecule has 5 atom stereocenters. The van der Waals surface area contributed by atoms with Crippen LogP contribution in [0.5, 0.6) is 0 Å². The van der Waals surface area contributed by atoms with E-state index < -0.39 is 5.16 Å². The summed E-state index contributed by atoms with van der Waals surface area (Å²) in [6, 6.07) is 45.9.